The van der Waals surface area contributed by atoms with Crippen molar-refractivity contribution in [3.63, 3.8) is 0 Å². The maximum Gasteiger partial charge on any atom is 0.329 e. The molecular formula is C29H34N8O7S2. The Balaban J connectivity index is 1.48. The Labute approximate surface area is 266 Å². The van der Waals surface area contributed by atoms with Gasteiger partial charge in [0.25, 0.3) is 20.0 Å². The van der Waals surface area contributed by atoms with Gasteiger partial charge in [-0.2, -0.15) is 13.2 Å². The normalized spacial score (nSPS) is 15.3. The molecule has 4 rings (SSSR count). The van der Waals surface area contributed by atoms with Crippen LogP contribution in [-0.2, 0) is 36.1 Å². The van der Waals surface area contributed by atoms with Gasteiger partial charge in [-0.25, -0.2) is 17.9 Å². The molecule has 1 saturated heterocycles. The Bertz CT molecular complexity index is 1810. The van der Waals surface area contributed by atoms with Crippen LogP contribution in [0.5, 0.6) is 0 Å². The van der Waals surface area contributed by atoms with Crippen LogP contribution in [0, 0.1) is 6.92 Å². The number of nitrogens with zero attached hydrogens (tertiary/aromatic N) is 2. The van der Waals surface area contributed by atoms with Crippen molar-refractivity contribution in [3.8, 4) is 0 Å². The third-order valence-corrected chi connectivity index (χ3v) is 9.58. The number of guanidine groups is 1. The molecule has 3 aromatic rings. The van der Waals surface area contributed by atoms with Gasteiger partial charge in [-0.05, 0) is 61.7 Å². The van der Waals surface area contributed by atoms with E-state index in [1.807, 2.05) is 9.55 Å². The number of amides is 4. The fraction of sp³-hybridized carbons (Fsp3) is 0.241. The maximum atomic E-state index is 13.8. The average Bonchev–Trinajstić information content (AvgIpc) is 3.51. The van der Waals surface area contributed by atoms with Crippen molar-refractivity contribution in [3.05, 3.63) is 90.0 Å². The van der Waals surface area contributed by atoms with E-state index in [0.717, 1.165) is 5.56 Å². The lowest BCUT2D eigenvalue weighted by Gasteiger charge is -2.29. The molecule has 8 N–H and O–H groups in total. The number of urea groups is 1. The van der Waals surface area contributed by atoms with E-state index in [-0.39, 0.29) is 28.4 Å². The molecule has 0 aliphatic carbocycles. The summed E-state index contributed by atoms with van der Waals surface area (Å²) in [4.78, 5) is 43.0. The molecule has 0 saturated carbocycles. The van der Waals surface area contributed by atoms with Gasteiger partial charge in [-0.15, -0.1) is 5.10 Å². The summed E-state index contributed by atoms with van der Waals surface area (Å²) in [7, 11) is -8.28. The van der Waals surface area contributed by atoms with Crippen LogP contribution < -0.4 is 31.7 Å². The summed E-state index contributed by atoms with van der Waals surface area (Å²) in [6.45, 7) is 2.02. The van der Waals surface area contributed by atoms with E-state index in [4.69, 9.17) is 11.5 Å². The average molecular weight is 671 g/mol. The summed E-state index contributed by atoms with van der Waals surface area (Å²) in [6.07, 6.45) is 0.869. The van der Waals surface area contributed by atoms with Crippen molar-refractivity contribution < 1.29 is 31.2 Å². The molecule has 4 amide bonds. The molecule has 15 nitrogen and oxygen atoms in total. The Morgan fingerprint density at radius 2 is 1.50 bits per heavy atom. The fourth-order valence-electron chi connectivity index (χ4n) is 4.75. The summed E-state index contributed by atoms with van der Waals surface area (Å²) in [5, 5.41) is 8.45. The van der Waals surface area contributed by atoms with Crippen molar-refractivity contribution in [2.45, 2.75) is 48.1 Å². The lowest BCUT2D eigenvalue weighted by Crippen LogP contribution is -2.55. The first-order valence-electron chi connectivity index (χ1n) is 14.0. The van der Waals surface area contributed by atoms with Crippen LogP contribution in [0.1, 0.15) is 24.0 Å². The van der Waals surface area contributed by atoms with Crippen molar-refractivity contribution in [2.24, 2.45) is 16.6 Å². The summed E-state index contributed by atoms with van der Waals surface area (Å²) in [5.74, 6) is -1.57. The minimum atomic E-state index is -4.23. The van der Waals surface area contributed by atoms with E-state index in [2.05, 4.69) is 15.7 Å². The zero-order valence-corrected chi connectivity index (χ0v) is 26.3. The molecule has 244 valence electrons. The van der Waals surface area contributed by atoms with Crippen LogP contribution >= 0.6 is 0 Å². The van der Waals surface area contributed by atoms with Crippen LogP contribution in [0.2, 0.25) is 0 Å². The molecule has 1 unspecified atom stereocenters. The zero-order chi connectivity index (χ0) is 33.5. The van der Waals surface area contributed by atoms with Crippen molar-refractivity contribution in [1.82, 2.24) is 19.8 Å². The number of aryl methyl sites for hydroxylation is 1. The summed E-state index contributed by atoms with van der Waals surface area (Å²) in [6, 6.07) is 16.7. The monoisotopic (exact) mass is 670 g/mol. The number of carbonyl (C=O) groups excluding carboxylic acids is 3. The Morgan fingerprint density at radius 3 is 2.13 bits per heavy atom. The number of nitrogens with two attached hydrogens (primary N) is 2. The third kappa shape index (κ3) is 8.72. The van der Waals surface area contributed by atoms with Crippen molar-refractivity contribution in [2.75, 3.05) is 11.9 Å². The first-order chi connectivity index (χ1) is 21.7. The molecule has 3 aromatic carbocycles. The number of hydrogen-bond donors (Lipinski definition) is 6. The highest BCUT2D eigenvalue weighted by Gasteiger charge is 2.38. The van der Waals surface area contributed by atoms with E-state index < -0.39 is 55.9 Å². The predicted molar refractivity (Wildman–Crippen MR) is 170 cm³/mol. The molecule has 0 radical (unpaired) electrons. The molecule has 1 aliphatic rings. The van der Waals surface area contributed by atoms with Crippen molar-refractivity contribution >= 4 is 49.5 Å². The Hall–Kier alpha value is -5.16. The first-order valence-corrected chi connectivity index (χ1v) is 17.0. The molecule has 1 aliphatic heterocycles. The molecule has 17 heteroatoms. The quantitative estimate of drug-likeness (QED) is 0.0955. The highest BCUT2D eigenvalue weighted by Crippen LogP contribution is 2.22. The number of benzene rings is 3. The zero-order valence-electron chi connectivity index (χ0n) is 24.7. The molecule has 0 aromatic heterocycles. The van der Waals surface area contributed by atoms with Gasteiger partial charge in [-0.1, -0.05) is 48.0 Å². The molecule has 1 heterocycles. The minimum Gasteiger partial charge on any atom is -0.369 e. The highest BCUT2D eigenvalue weighted by atomic mass is 32.2. The van der Waals surface area contributed by atoms with E-state index in [9.17, 15) is 31.2 Å². The van der Waals surface area contributed by atoms with Crippen LogP contribution in [0.4, 0.5) is 10.5 Å². The second kappa shape index (κ2) is 14.3. The number of hydrazone groups is 1. The Morgan fingerprint density at radius 1 is 0.891 bits per heavy atom. The lowest BCUT2D eigenvalue weighted by atomic mass is 10.0. The topological polar surface area (TPSA) is 235 Å². The van der Waals surface area contributed by atoms with Gasteiger partial charge in [0.05, 0.1) is 9.79 Å². The second-order valence-electron chi connectivity index (χ2n) is 10.5. The van der Waals surface area contributed by atoms with E-state index >= 15 is 0 Å². The molecule has 1 fully saturated rings. The second-order valence-corrected chi connectivity index (χ2v) is 13.8. The third-order valence-electron chi connectivity index (χ3n) is 7.01. The molecule has 2 atom stereocenters. The maximum absolute atomic E-state index is 13.8. The Kier molecular flexibility index (Phi) is 10.5. The largest absolute Gasteiger partial charge is 0.369 e. The van der Waals surface area contributed by atoms with Gasteiger partial charge in [-0.3, -0.25) is 9.59 Å². The molecule has 0 spiro atoms. The number of likely N-dealkylation sites (tertiary alicyclic amines) is 1. The standard InChI is InChI=1S/C29H34N8O7S2/c1-19-9-13-22(14-10-19)45(41,42)35-29(40)33-24(18-20-6-3-2-4-7-20)27(39)37-17-5-8-25(37)26(38)32-21-11-15-23(16-12-21)46(43,44)36-34-28(30)31/h2-4,6-7,9-16,24-25,36H,5,8,17-18H2,1H3,(H,32,38)(H4,30,31,34)(H2,33,35,40)/t24-,25?/m0/s1. The predicted octanol–water partition coefficient (Wildman–Crippen LogP) is 0.691. The molecule has 46 heavy (non-hydrogen) atoms. The number of anilines is 1. The van der Waals surface area contributed by atoms with Crippen LogP contribution in [0.25, 0.3) is 0 Å². The van der Waals surface area contributed by atoms with Gasteiger partial charge in [0, 0.05) is 18.7 Å². The minimum absolute atomic E-state index is 0.0341. The number of nitrogens with one attached hydrogen (secondary N) is 4. The summed E-state index contributed by atoms with van der Waals surface area (Å²) < 4.78 is 52.2. The molecule has 0 bridgehead atoms. The molecular weight excluding hydrogens is 637 g/mol. The SMILES string of the molecule is Cc1ccc(S(=O)(=O)NC(=O)N[C@@H](Cc2ccccc2)C(=O)N2CCCC2C(=O)Nc2ccc(S(=O)(=O)NN=C(N)N)cc2)cc1. The number of rotatable bonds is 11. The summed E-state index contributed by atoms with van der Waals surface area (Å²) in [5.41, 5.74) is 12.1. The van der Waals surface area contributed by atoms with Crippen LogP contribution in [0.15, 0.2) is 93.8 Å². The van der Waals surface area contributed by atoms with E-state index in [1.54, 1.807) is 49.4 Å². The first kappa shape index (κ1) is 33.7. The van der Waals surface area contributed by atoms with Crippen LogP contribution in [-0.4, -0.2) is 64.2 Å². The fourth-order valence-corrected chi connectivity index (χ4v) is 6.49. The van der Waals surface area contributed by atoms with E-state index in [1.165, 1.54) is 41.3 Å². The van der Waals surface area contributed by atoms with Crippen LogP contribution in [0.3, 0.4) is 0 Å². The van der Waals surface area contributed by atoms with Gasteiger partial charge >= 0.3 is 6.03 Å². The van der Waals surface area contributed by atoms with Crippen molar-refractivity contribution in [1.29, 1.82) is 0 Å². The van der Waals surface area contributed by atoms with Gasteiger partial charge < -0.3 is 27.0 Å². The summed E-state index contributed by atoms with van der Waals surface area (Å²) >= 11 is 0. The van der Waals surface area contributed by atoms with E-state index in [0.29, 0.717) is 18.4 Å². The highest BCUT2D eigenvalue weighted by molar-refractivity contribution is 7.90. The lowest BCUT2D eigenvalue weighted by molar-refractivity contribution is -0.138. The van der Waals surface area contributed by atoms with Gasteiger partial charge in [0.2, 0.25) is 17.8 Å². The number of sulfonamides is 2. The van der Waals surface area contributed by atoms with Gasteiger partial charge in [0.1, 0.15) is 12.1 Å². The van der Waals surface area contributed by atoms with Gasteiger partial charge in [0.15, 0.2) is 0 Å². The number of carbonyl (C=O) groups is 3. The smallest absolute Gasteiger partial charge is 0.329 e. The number of hydrogen-bond acceptors (Lipinski definition) is 8.